The van der Waals surface area contributed by atoms with Crippen LogP contribution < -0.4 is 21.1 Å². The first-order chi connectivity index (χ1) is 9.71. The molecule has 118 valence electrons. The Morgan fingerprint density at radius 3 is 2.48 bits per heavy atom. The summed E-state index contributed by atoms with van der Waals surface area (Å²) in [4.78, 5) is 13.9. The Hall–Kier alpha value is -1.47. The van der Waals surface area contributed by atoms with Crippen LogP contribution >= 0.6 is 11.3 Å². The van der Waals surface area contributed by atoms with Crippen molar-refractivity contribution in [2.24, 2.45) is 5.73 Å². The number of piperidine rings is 1. The lowest BCUT2D eigenvalue weighted by atomic mass is 9.94. The summed E-state index contributed by atoms with van der Waals surface area (Å²) in [6, 6.07) is 0. The Morgan fingerprint density at radius 2 is 2.00 bits per heavy atom. The van der Waals surface area contributed by atoms with E-state index in [9.17, 15) is 9.90 Å². The summed E-state index contributed by atoms with van der Waals surface area (Å²) in [7, 11) is 0. The minimum atomic E-state index is -0.634. The van der Waals surface area contributed by atoms with Crippen molar-refractivity contribution in [2.45, 2.75) is 45.3 Å². The van der Waals surface area contributed by atoms with E-state index in [1.807, 2.05) is 20.8 Å². The van der Waals surface area contributed by atoms with E-state index < -0.39 is 11.5 Å². The predicted octanol–water partition coefficient (Wildman–Crippen LogP) is 1.57. The van der Waals surface area contributed by atoms with Crippen molar-refractivity contribution in [2.75, 3.05) is 23.7 Å². The molecule has 0 aliphatic carbocycles. The van der Waals surface area contributed by atoms with Gasteiger partial charge in [0.25, 0.3) is 5.91 Å². The lowest BCUT2D eigenvalue weighted by molar-refractivity contribution is 0.0351. The van der Waals surface area contributed by atoms with Crippen LogP contribution in [0.25, 0.3) is 0 Å². The maximum Gasteiger partial charge on any atom is 0.261 e. The van der Waals surface area contributed by atoms with E-state index in [0.29, 0.717) is 42.2 Å². The smallest absolute Gasteiger partial charge is 0.261 e. The molecule has 1 aliphatic rings. The van der Waals surface area contributed by atoms with Crippen molar-refractivity contribution in [1.29, 1.82) is 0 Å². The lowest BCUT2D eigenvalue weighted by Crippen LogP contribution is -2.42. The molecule has 0 atom stereocenters. The molecule has 0 saturated carbocycles. The highest BCUT2D eigenvalue weighted by Crippen LogP contribution is 2.46. The molecule has 21 heavy (non-hydrogen) atoms. The molecule has 0 spiro atoms. The first-order valence-corrected chi connectivity index (χ1v) is 7.89. The number of amides is 1. The van der Waals surface area contributed by atoms with Gasteiger partial charge in [0.2, 0.25) is 0 Å². The highest BCUT2D eigenvalue weighted by molar-refractivity contribution is 7.19. The second kappa shape index (κ2) is 5.73. The number of nitrogens with zero attached hydrogens (tertiary/aromatic N) is 1. The van der Waals surface area contributed by atoms with Crippen LogP contribution in [-0.4, -0.2) is 35.8 Å². The Labute approximate surface area is 128 Å². The van der Waals surface area contributed by atoms with Crippen molar-refractivity contribution < 1.29 is 14.6 Å². The largest absolute Gasteiger partial charge is 0.486 e. The van der Waals surface area contributed by atoms with Crippen LogP contribution in [0.2, 0.25) is 0 Å². The summed E-state index contributed by atoms with van der Waals surface area (Å²) in [5.74, 6) is -0.00768. The molecule has 1 saturated heterocycles. The number of primary amides is 1. The minimum Gasteiger partial charge on any atom is -0.486 e. The van der Waals surface area contributed by atoms with Gasteiger partial charge in [-0.1, -0.05) is 0 Å². The standard InChI is InChI=1S/C14H23N3O3S/c1-8(2)20-10-9(15)11(12(16)18)21-13(10)17-6-4-14(3,19)5-7-17/h8,19H,4-7,15H2,1-3H3,(H2,16,18). The van der Waals surface area contributed by atoms with E-state index in [0.717, 1.165) is 5.00 Å². The summed E-state index contributed by atoms with van der Waals surface area (Å²) in [6.45, 7) is 7.05. The number of aliphatic hydroxyl groups is 1. The van der Waals surface area contributed by atoms with Crippen LogP contribution in [0.1, 0.15) is 43.3 Å². The van der Waals surface area contributed by atoms with E-state index >= 15 is 0 Å². The Balaban J connectivity index is 2.33. The first-order valence-electron chi connectivity index (χ1n) is 7.07. The van der Waals surface area contributed by atoms with Gasteiger partial charge in [0.1, 0.15) is 15.6 Å². The van der Waals surface area contributed by atoms with Gasteiger partial charge in [-0.3, -0.25) is 4.79 Å². The number of carbonyl (C=O) groups is 1. The van der Waals surface area contributed by atoms with Crippen molar-refractivity contribution in [1.82, 2.24) is 0 Å². The summed E-state index contributed by atoms with van der Waals surface area (Å²) < 4.78 is 5.79. The molecule has 1 aromatic rings. The highest BCUT2D eigenvalue weighted by Gasteiger charge is 2.31. The summed E-state index contributed by atoms with van der Waals surface area (Å²) in [5, 5.41) is 10.9. The normalized spacial score (nSPS) is 18.0. The fraction of sp³-hybridized carbons (Fsp3) is 0.643. The summed E-state index contributed by atoms with van der Waals surface area (Å²) in [5.41, 5.74) is 11.1. The summed E-state index contributed by atoms with van der Waals surface area (Å²) >= 11 is 1.26. The third-order valence-corrected chi connectivity index (χ3v) is 4.85. The topological polar surface area (TPSA) is 102 Å². The maximum absolute atomic E-state index is 11.5. The first kappa shape index (κ1) is 15.9. The molecule has 6 nitrogen and oxygen atoms in total. The molecule has 2 rings (SSSR count). The van der Waals surface area contributed by atoms with Gasteiger partial charge >= 0.3 is 0 Å². The van der Waals surface area contributed by atoms with Gasteiger partial charge in [-0.2, -0.15) is 0 Å². The van der Waals surface area contributed by atoms with Crippen LogP contribution in [0.3, 0.4) is 0 Å². The number of ether oxygens (including phenoxy) is 1. The zero-order valence-electron chi connectivity index (χ0n) is 12.7. The van der Waals surface area contributed by atoms with E-state index in [4.69, 9.17) is 16.2 Å². The van der Waals surface area contributed by atoms with Crippen molar-refractivity contribution in [3.63, 3.8) is 0 Å². The number of hydrogen-bond donors (Lipinski definition) is 3. The van der Waals surface area contributed by atoms with E-state index in [-0.39, 0.29) is 6.10 Å². The average Bonchev–Trinajstić information content (AvgIpc) is 2.67. The Morgan fingerprint density at radius 1 is 1.43 bits per heavy atom. The van der Waals surface area contributed by atoms with E-state index in [2.05, 4.69) is 4.90 Å². The number of nitrogens with two attached hydrogens (primary N) is 2. The van der Waals surface area contributed by atoms with Crippen molar-refractivity contribution >= 4 is 27.9 Å². The van der Waals surface area contributed by atoms with E-state index in [1.54, 1.807) is 0 Å². The van der Waals surface area contributed by atoms with Gasteiger partial charge in [0.05, 0.1) is 11.7 Å². The van der Waals surface area contributed by atoms with Crippen LogP contribution in [0.5, 0.6) is 5.75 Å². The Bertz CT molecular complexity index is 530. The van der Waals surface area contributed by atoms with Gasteiger partial charge in [-0.25, -0.2) is 0 Å². The molecule has 1 aliphatic heterocycles. The van der Waals surface area contributed by atoms with Gasteiger partial charge in [-0.15, -0.1) is 11.3 Å². The molecule has 0 unspecified atom stereocenters. The van der Waals surface area contributed by atoms with Gasteiger partial charge in [0.15, 0.2) is 5.75 Å². The monoisotopic (exact) mass is 313 g/mol. The molecule has 2 heterocycles. The predicted molar refractivity (Wildman–Crippen MR) is 85.1 cm³/mol. The third-order valence-electron chi connectivity index (χ3n) is 3.59. The van der Waals surface area contributed by atoms with Crippen LogP contribution in [-0.2, 0) is 0 Å². The van der Waals surface area contributed by atoms with Crippen molar-refractivity contribution in [3.8, 4) is 5.75 Å². The molecule has 5 N–H and O–H groups in total. The van der Waals surface area contributed by atoms with Gasteiger partial charge in [0, 0.05) is 13.1 Å². The zero-order chi connectivity index (χ0) is 15.8. The molecule has 1 fully saturated rings. The second-order valence-corrected chi connectivity index (χ2v) is 6.99. The van der Waals surface area contributed by atoms with Crippen LogP contribution in [0.15, 0.2) is 0 Å². The molecule has 0 bridgehead atoms. The quantitative estimate of drug-likeness (QED) is 0.783. The number of rotatable bonds is 4. The van der Waals surface area contributed by atoms with Gasteiger partial charge in [-0.05, 0) is 33.6 Å². The SMILES string of the molecule is CC(C)Oc1c(N2CCC(C)(O)CC2)sc(C(N)=O)c1N. The third kappa shape index (κ3) is 3.41. The minimum absolute atomic E-state index is 0.0470. The Kier molecular flexibility index (Phi) is 4.34. The lowest BCUT2D eigenvalue weighted by Gasteiger charge is -2.36. The molecule has 1 amide bonds. The molecular weight excluding hydrogens is 290 g/mol. The number of thiophene rings is 1. The van der Waals surface area contributed by atoms with Crippen LogP contribution in [0, 0.1) is 0 Å². The van der Waals surface area contributed by atoms with Crippen LogP contribution in [0.4, 0.5) is 10.7 Å². The fourth-order valence-electron chi connectivity index (χ4n) is 2.35. The molecule has 0 aromatic carbocycles. The fourth-order valence-corrected chi connectivity index (χ4v) is 3.41. The number of carbonyl (C=O) groups excluding carboxylic acids is 1. The number of hydrogen-bond acceptors (Lipinski definition) is 6. The summed E-state index contributed by atoms with van der Waals surface area (Å²) in [6.07, 6.45) is 1.28. The molecule has 1 aromatic heterocycles. The zero-order valence-corrected chi connectivity index (χ0v) is 13.5. The molecule has 0 radical (unpaired) electrons. The number of anilines is 2. The maximum atomic E-state index is 11.5. The molecule has 7 heteroatoms. The van der Waals surface area contributed by atoms with Gasteiger partial charge < -0.3 is 26.2 Å². The number of nitrogen functional groups attached to an aromatic ring is 1. The second-order valence-electron chi connectivity index (χ2n) is 5.99. The van der Waals surface area contributed by atoms with Crippen molar-refractivity contribution in [3.05, 3.63) is 4.88 Å². The average molecular weight is 313 g/mol. The van der Waals surface area contributed by atoms with E-state index in [1.165, 1.54) is 11.3 Å². The highest BCUT2D eigenvalue weighted by atomic mass is 32.1. The molecular formula is C14H23N3O3S.